The standard InChI is InChI=1S/C6H12N2O3/c1-3-4-5-8(7-10)11-6(2)9/h3-5H2,1-2H3. The molecule has 0 aromatic rings. The van der Waals surface area contributed by atoms with E-state index in [1.54, 1.807) is 0 Å². The van der Waals surface area contributed by atoms with Gasteiger partial charge in [0.1, 0.15) is 0 Å². The molecule has 0 atom stereocenters. The van der Waals surface area contributed by atoms with E-state index >= 15 is 0 Å². The maximum atomic E-state index is 10.3. The second kappa shape index (κ2) is 5.64. The highest BCUT2D eigenvalue weighted by Gasteiger charge is 2.04. The van der Waals surface area contributed by atoms with Crippen LogP contribution in [0.25, 0.3) is 0 Å². The minimum Gasteiger partial charge on any atom is -0.322 e. The maximum absolute atomic E-state index is 10.3. The van der Waals surface area contributed by atoms with Gasteiger partial charge in [-0.25, -0.2) is 4.79 Å². The van der Waals surface area contributed by atoms with Crippen molar-refractivity contribution in [3.8, 4) is 0 Å². The molecular weight excluding hydrogens is 148 g/mol. The average molecular weight is 160 g/mol. The third-order valence-corrected chi connectivity index (χ3v) is 1.03. The number of hydrogen-bond acceptors (Lipinski definition) is 4. The first-order valence-electron chi connectivity index (χ1n) is 3.50. The maximum Gasteiger partial charge on any atom is 0.331 e. The lowest BCUT2D eigenvalue weighted by molar-refractivity contribution is -0.188. The van der Waals surface area contributed by atoms with E-state index in [1.165, 1.54) is 6.92 Å². The molecule has 0 saturated heterocycles. The molecule has 5 heteroatoms. The number of unbranched alkanes of at least 4 members (excludes halogenated alkanes) is 1. The molecule has 0 aliphatic carbocycles. The zero-order valence-corrected chi connectivity index (χ0v) is 6.74. The number of rotatable bonds is 5. The molecule has 0 rings (SSSR count). The number of nitroso groups, excluding NO2 is 1. The predicted molar refractivity (Wildman–Crippen MR) is 39.2 cm³/mol. The van der Waals surface area contributed by atoms with Crippen molar-refractivity contribution < 1.29 is 9.63 Å². The summed E-state index contributed by atoms with van der Waals surface area (Å²) >= 11 is 0. The lowest BCUT2D eigenvalue weighted by atomic mass is 10.3. The zero-order valence-electron chi connectivity index (χ0n) is 6.74. The van der Waals surface area contributed by atoms with Crippen LogP contribution in [0.15, 0.2) is 5.29 Å². The van der Waals surface area contributed by atoms with Crippen molar-refractivity contribution in [2.45, 2.75) is 26.7 Å². The lowest BCUT2D eigenvalue weighted by Gasteiger charge is -2.11. The monoisotopic (exact) mass is 160 g/mol. The van der Waals surface area contributed by atoms with E-state index in [-0.39, 0.29) is 0 Å². The Hall–Kier alpha value is -1.13. The molecule has 0 bridgehead atoms. The van der Waals surface area contributed by atoms with Crippen molar-refractivity contribution >= 4 is 5.97 Å². The van der Waals surface area contributed by atoms with Crippen LogP contribution in [-0.4, -0.2) is 17.7 Å². The zero-order chi connectivity index (χ0) is 8.69. The van der Waals surface area contributed by atoms with Gasteiger partial charge in [0.2, 0.25) is 0 Å². The Morgan fingerprint density at radius 1 is 1.64 bits per heavy atom. The van der Waals surface area contributed by atoms with Gasteiger partial charge in [-0.1, -0.05) is 18.5 Å². The molecule has 11 heavy (non-hydrogen) atoms. The van der Waals surface area contributed by atoms with E-state index in [0.717, 1.165) is 18.0 Å². The molecule has 0 spiro atoms. The fourth-order valence-electron chi connectivity index (χ4n) is 0.545. The highest BCUT2D eigenvalue weighted by molar-refractivity contribution is 5.65. The first-order valence-corrected chi connectivity index (χ1v) is 3.50. The second-order valence-electron chi connectivity index (χ2n) is 2.09. The van der Waals surface area contributed by atoms with Crippen molar-refractivity contribution in [1.29, 1.82) is 0 Å². The van der Waals surface area contributed by atoms with Crippen molar-refractivity contribution in [2.24, 2.45) is 5.29 Å². The van der Waals surface area contributed by atoms with E-state index in [9.17, 15) is 9.70 Å². The van der Waals surface area contributed by atoms with Gasteiger partial charge in [-0.2, -0.15) is 0 Å². The smallest absolute Gasteiger partial charge is 0.322 e. The first-order chi connectivity index (χ1) is 5.20. The van der Waals surface area contributed by atoms with Crippen LogP contribution in [0.4, 0.5) is 0 Å². The Morgan fingerprint density at radius 2 is 2.27 bits per heavy atom. The van der Waals surface area contributed by atoms with Crippen LogP contribution in [0, 0.1) is 4.91 Å². The summed E-state index contributed by atoms with van der Waals surface area (Å²) in [5, 5.41) is 3.26. The minimum absolute atomic E-state index is 0.361. The summed E-state index contributed by atoms with van der Waals surface area (Å²) in [5.74, 6) is -0.527. The minimum atomic E-state index is -0.527. The van der Waals surface area contributed by atoms with Crippen LogP contribution in [-0.2, 0) is 9.63 Å². The van der Waals surface area contributed by atoms with Gasteiger partial charge in [-0.05, 0) is 6.42 Å². The van der Waals surface area contributed by atoms with Gasteiger partial charge in [0.25, 0.3) is 0 Å². The van der Waals surface area contributed by atoms with Gasteiger partial charge >= 0.3 is 5.97 Å². The highest BCUT2D eigenvalue weighted by Crippen LogP contribution is 1.96. The molecular formula is C6H12N2O3. The van der Waals surface area contributed by atoms with Gasteiger partial charge in [0, 0.05) is 6.92 Å². The Bertz CT molecular complexity index is 138. The van der Waals surface area contributed by atoms with Gasteiger partial charge in [0.15, 0.2) is 0 Å². The SMILES string of the molecule is CCCCN(N=O)OC(C)=O. The van der Waals surface area contributed by atoms with E-state index < -0.39 is 5.97 Å². The normalized spacial score (nSPS) is 8.91. The number of hydrogen-bond donors (Lipinski definition) is 0. The molecule has 0 N–H and O–H groups in total. The van der Waals surface area contributed by atoms with Crippen LogP contribution in [0.3, 0.4) is 0 Å². The Kier molecular flexibility index (Phi) is 5.06. The van der Waals surface area contributed by atoms with Gasteiger partial charge in [-0.3, -0.25) is 0 Å². The number of carbonyl (C=O) groups excluding carboxylic acids is 1. The van der Waals surface area contributed by atoms with Crippen molar-refractivity contribution in [1.82, 2.24) is 5.17 Å². The van der Waals surface area contributed by atoms with E-state index in [1.807, 2.05) is 6.92 Å². The van der Waals surface area contributed by atoms with Crippen LogP contribution >= 0.6 is 0 Å². The third-order valence-electron chi connectivity index (χ3n) is 1.03. The molecule has 0 fully saturated rings. The first kappa shape index (κ1) is 9.87. The summed E-state index contributed by atoms with van der Waals surface area (Å²) in [7, 11) is 0. The molecule has 0 aromatic carbocycles. The molecule has 0 unspecified atom stereocenters. The second-order valence-corrected chi connectivity index (χ2v) is 2.09. The summed E-state index contributed by atoms with van der Waals surface area (Å²) in [6.07, 6.45) is 1.70. The molecule has 64 valence electrons. The molecule has 0 aliphatic heterocycles. The lowest BCUT2D eigenvalue weighted by Crippen LogP contribution is -2.21. The summed E-state index contributed by atoms with van der Waals surface area (Å²) in [6, 6.07) is 0. The predicted octanol–water partition coefficient (Wildman–Crippen LogP) is 1.25. The van der Waals surface area contributed by atoms with Crippen molar-refractivity contribution in [3.05, 3.63) is 4.91 Å². The van der Waals surface area contributed by atoms with Gasteiger partial charge in [0.05, 0.1) is 11.8 Å². The fourth-order valence-corrected chi connectivity index (χ4v) is 0.545. The summed E-state index contributed by atoms with van der Waals surface area (Å²) < 4.78 is 0. The largest absolute Gasteiger partial charge is 0.331 e. The van der Waals surface area contributed by atoms with Crippen LogP contribution < -0.4 is 0 Å². The van der Waals surface area contributed by atoms with Crippen LogP contribution in [0.5, 0.6) is 0 Å². The fraction of sp³-hybridized carbons (Fsp3) is 0.833. The topological polar surface area (TPSA) is 59.0 Å². The molecule has 0 aliphatic rings. The number of hydroxylamine groups is 1. The summed E-state index contributed by atoms with van der Waals surface area (Å²) in [5.41, 5.74) is 0. The van der Waals surface area contributed by atoms with Gasteiger partial charge < -0.3 is 4.84 Å². The Morgan fingerprint density at radius 3 is 2.64 bits per heavy atom. The average Bonchev–Trinajstić information content (AvgIpc) is 1.97. The number of nitrogens with zero attached hydrogens (tertiary/aromatic N) is 2. The van der Waals surface area contributed by atoms with E-state index in [2.05, 4.69) is 10.1 Å². The van der Waals surface area contributed by atoms with Crippen LogP contribution in [0.1, 0.15) is 26.7 Å². The summed E-state index contributed by atoms with van der Waals surface area (Å²) in [4.78, 5) is 24.7. The molecule has 0 saturated carbocycles. The summed E-state index contributed by atoms with van der Waals surface area (Å²) in [6.45, 7) is 3.56. The molecule has 0 amide bonds. The van der Waals surface area contributed by atoms with Crippen molar-refractivity contribution in [3.63, 3.8) is 0 Å². The highest BCUT2D eigenvalue weighted by atomic mass is 16.8. The Labute approximate surface area is 65.2 Å². The van der Waals surface area contributed by atoms with E-state index in [0.29, 0.717) is 6.54 Å². The van der Waals surface area contributed by atoms with E-state index in [4.69, 9.17) is 0 Å². The number of carbonyl (C=O) groups is 1. The van der Waals surface area contributed by atoms with Crippen LogP contribution in [0.2, 0.25) is 0 Å². The molecule has 5 nitrogen and oxygen atoms in total. The quantitative estimate of drug-likeness (QED) is 0.448. The Balaban J connectivity index is 3.57. The molecule has 0 heterocycles. The molecule has 0 radical (unpaired) electrons. The third kappa shape index (κ3) is 5.32. The molecule has 0 aromatic heterocycles. The van der Waals surface area contributed by atoms with Crippen molar-refractivity contribution in [2.75, 3.05) is 6.54 Å². The van der Waals surface area contributed by atoms with Gasteiger partial charge in [-0.15, -0.1) is 4.91 Å².